The van der Waals surface area contributed by atoms with Gasteiger partial charge < -0.3 is 14.7 Å². The Balaban J connectivity index is 1.20. The molecule has 0 aromatic heterocycles. The summed E-state index contributed by atoms with van der Waals surface area (Å²) in [4.78, 5) is 2.42. The van der Waals surface area contributed by atoms with Crippen LogP contribution in [0.1, 0.15) is 58.3 Å². The first kappa shape index (κ1) is 16.4. The van der Waals surface area contributed by atoms with E-state index in [0.29, 0.717) is 12.0 Å². The van der Waals surface area contributed by atoms with Gasteiger partial charge >= 0.3 is 0 Å². The lowest BCUT2D eigenvalue weighted by atomic mass is 9.50. The predicted octanol–water partition coefficient (Wildman–Crippen LogP) is 3.31. The maximum absolute atomic E-state index is 10.3. The monoisotopic (exact) mass is 321 g/mol. The van der Waals surface area contributed by atoms with E-state index >= 15 is 0 Å². The average Bonchev–Trinajstić information content (AvgIpc) is 2.48. The molecule has 3 heteroatoms. The molecule has 5 fully saturated rings. The van der Waals surface area contributed by atoms with E-state index < -0.39 is 0 Å². The molecule has 1 saturated heterocycles. The van der Waals surface area contributed by atoms with E-state index in [2.05, 4.69) is 11.8 Å². The Bertz CT molecular complexity index is 367. The second-order valence-electron chi connectivity index (χ2n) is 9.57. The van der Waals surface area contributed by atoms with Crippen molar-refractivity contribution in [2.24, 2.45) is 29.1 Å². The summed E-state index contributed by atoms with van der Waals surface area (Å²) in [6.45, 7) is 6.87. The zero-order valence-electron chi connectivity index (χ0n) is 14.9. The van der Waals surface area contributed by atoms with Crippen molar-refractivity contribution in [2.75, 3.05) is 32.8 Å². The number of piperidine rings is 1. The van der Waals surface area contributed by atoms with Crippen LogP contribution in [-0.4, -0.2) is 49.0 Å². The first-order chi connectivity index (χ1) is 11.1. The number of hydrogen-bond donors (Lipinski definition) is 1. The van der Waals surface area contributed by atoms with Gasteiger partial charge in [-0.05, 0) is 93.5 Å². The third kappa shape index (κ3) is 3.77. The number of nitrogens with zero attached hydrogens (tertiary/aromatic N) is 1. The maximum atomic E-state index is 10.3. The Labute approximate surface area is 141 Å². The normalized spacial score (nSPS) is 42.3. The summed E-state index contributed by atoms with van der Waals surface area (Å²) in [7, 11) is 0. The van der Waals surface area contributed by atoms with E-state index in [-0.39, 0.29) is 6.10 Å². The zero-order valence-corrected chi connectivity index (χ0v) is 14.9. The summed E-state index contributed by atoms with van der Waals surface area (Å²) in [6, 6.07) is 0. The largest absolute Gasteiger partial charge is 0.389 e. The van der Waals surface area contributed by atoms with Crippen LogP contribution in [0.2, 0.25) is 0 Å². The lowest BCUT2D eigenvalue weighted by Gasteiger charge is -2.56. The summed E-state index contributed by atoms with van der Waals surface area (Å²) < 4.78 is 6.07. The molecule has 3 nitrogen and oxygen atoms in total. The molecule has 23 heavy (non-hydrogen) atoms. The molecule has 1 heterocycles. The molecule has 0 spiro atoms. The fourth-order valence-corrected chi connectivity index (χ4v) is 6.47. The molecule has 4 saturated carbocycles. The van der Waals surface area contributed by atoms with Gasteiger partial charge in [-0.15, -0.1) is 0 Å². The van der Waals surface area contributed by atoms with E-state index in [1.165, 1.54) is 51.4 Å². The van der Waals surface area contributed by atoms with Crippen molar-refractivity contribution in [3.63, 3.8) is 0 Å². The minimum atomic E-state index is -0.308. The molecule has 0 radical (unpaired) electrons. The fourth-order valence-electron chi connectivity index (χ4n) is 6.47. The van der Waals surface area contributed by atoms with Crippen LogP contribution in [-0.2, 0) is 4.74 Å². The van der Waals surface area contributed by atoms with Crippen LogP contribution in [0.4, 0.5) is 0 Å². The Morgan fingerprint density at radius 2 is 1.61 bits per heavy atom. The molecule has 0 amide bonds. The number of aliphatic hydroxyl groups is 1. The van der Waals surface area contributed by atoms with Crippen LogP contribution in [0.5, 0.6) is 0 Å². The quantitative estimate of drug-likeness (QED) is 0.814. The van der Waals surface area contributed by atoms with E-state index in [9.17, 15) is 5.11 Å². The Morgan fingerprint density at radius 3 is 2.17 bits per heavy atom. The first-order valence-electron chi connectivity index (χ1n) is 10.1. The smallest absolute Gasteiger partial charge is 0.0900 e. The summed E-state index contributed by atoms with van der Waals surface area (Å²) >= 11 is 0. The molecule has 0 aromatic rings. The molecule has 1 N–H and O–H groups in total. The SMILES string of the molecule is CC1CCN(C[C@H](O)COCC23CC4CC(CC(C4)C2)C3)CC1. The molecule has 5 rings (SSSR count). The van der Waals surface area contributed by atoms with Gasteiger partial charge in [-0.3, -0.25) is 0 Å². The molecule has 0 aromatic carbocycles. The fraction of sp³-hybridized carbons (Fsp3) is 1.00. The van der Waals surface area contributed by atoms with Gasteiger partial charge in [0.15, 0.2) is 0 Å². The molecule has 5 aliphatic rings. The van der Waals surface area contributed by atoms with Crippen molar-refractivity contribution in [2.45, 2.75) is 64.4 Å². The van der Waals surface area contributed by atoms with E-state index in [4.69, 9.17) is 4.74 Å². The van der Waals surface area contributed by atoms with Crippen LogP contribution in [0.3, 0.4) is 0 Å². The molecular formula is C20H35NO2. The Kier molecular flexibility index (Phi) is 4.73. The van der Waals surface area contributed by atoms with Crippen molar-refractivity contribution < 1.29 is 9.84 Å². The average molecular weight is 322 g/mol. The molecule has 0 unspecified atom stereocenters. The van der Waals surface area contributed by atoms with Gasteiger partial charge in [-0.1, -0.05) is 6.92 Å². The maximum Gasteiger partial charge on any atom is 0.0900 e. The molecule has 1 aliphatic heterocycles. The van der Waals surface area contributed by atoms with Gasteiger partial charge in [-0.2, -0.15) is 0 Å². The minimum Gasteiger partial charge on any atom is -0.389 e. The molecule has 4 bridgehead atoms. The van der Waals surface area contributed by atoms with Gasteiger partial charge in [0.2, 0.25) is 0 Å². The third-order valence-electron chi connectivity index (χ3n) is 7.23. The highest BCUT2D eigenvalue weighted by Gasteiger charge is 2.50. The van der Waals surface area contributed by atoms with Gasteiger partial charge in [-0.25, -0.2) is 0 Å². The van der Waals surface area contributed by atoms with Gasteiger partial charge in [0, 0.05) is 6.54 Å². The van der Waals surface area contributed by atoms with Crippen molar-refractivity contribution >= 4 is 0 Å². The number of rotatable bonds is 6. The van der Waals surface area contributed by atoms with Crippen LogP contribution in [0.25, 0.3) is 0 Å². The molecule has 1 atom stereocenters. The van der Waals surface area contributed by atoms with Crippen LogP contribution < -0.4 is 0 Å². The zero-order chi connectivity index (χ0) is 15.9. The summed E-state index contributed by atoms with van der Waals surface area (Å²) in [5.74, 6) is 3.83. The number of hydrogen-bond acceptors (Lipinski definition) is 3. The first-order valence-corrected chi connectivity index (χ1v) is 10.1. The lowest BCUT2D eigenvalue weighted by Crippen LogP contribution is -2.48. The van der Waals surface area contributed by atoms with Gasteiger partial charge in [0.05, 0.1) is 19.3 Å². The topological polar surface area (TPSA) is 32.7 Å². The van der Waals surface area contributed by atoms with Crippen molar-refractivity contribution in [3.05, 3.63) is 0 Å². The minimum absolute atomic E-state index is 0.308. The van der Waals surface area contributed by atoms with Crippen LogP contribution >= 0.6 is 0 Å². The second-order valence-corrected chi connectivity index (χ2v) is 9.57. The number of ether oxygens (including phenoxy) is 1. The van der Waals surface area contributed by atoms with E-state index in [1.807, 2.05) is 0 Å². The van der Waals surface area contributed by atoms with Gasteiger partial charge in [0.25, 0.3) is 0 Å². The molecular weight excluding hydrogens is 286 g/mol. The third-order valence-corrected chi connectivity index (χ3v) is 7.23. The highest BCUT2D eigenvalue weighted by atomic mass is 16.5. The summed E-state index contributed by atoms with van der Waals surface area (Å²) in [6.07, 6.45) is 10.9. The van der Waals surface area contributed by atoms with Crippen molar-refractivity contribution in [1.29, 1.82) is 0 Å². The Hall–Kier alpha value is -0.120. The Morgan fingerprint density at radius 1 is 1.04 bits per heavy atom. The van der Waals surface area contributed by atoms with E-state index in [0.717, 1.165) is 49.9 Å². The summed E-state index contributed by atoms with van der Waals surface area (Å²) in [5.41, 5.74) is 0.481. The van der Waals surface area contributed by atoms with Crippen LogP contribution in [0.15, 0.2) is 0 Å². The van der Waals surface area contributed by atoms with Crippen LogP contribution in [0, 0.1) is 29.1 Å². The number of likely N-dealkylation sites (tertiary alicyclic amines) is 1. The summed E-state index contributed by atoms with van der Waals surface area (Å²) in [5, 5.41) is 10.3. The molecule has 132 valence electrons. The van der Waals surface area contributed by atoms with Gasteiger partial charge in [0.1, 0.15) is 0 Å². The lowest BCUT2D eigenvalue weighted by molar-refractivity contribution is -0.107. The highest BCUT2D eigenvalue weighted by molar-refractivity contribution is 5.01. The van der Waals surface area contributed by atoms with Crippen molar-refractivity contribution in [1.82, 2.24) is 4.90 Å². The second kappa shape index (κ2) is 6.65. The number of β-amino-alcohol motifs (C(OH)–C–C–N with tert-alkyl or cyclic N) is 1. The van der Waals surface area contributed by atoms with E-state index in [1.54, 1.807) is 0 Å². The predicted molar refractivity (Wildman–Crippen MR) is 92.3 cm³/mol. The molecule has 4 aliphatic carbocycles. The highest BCUT2D eigenvalue weighted by Crippen LogP contribution is 2.60. The standard InChI is InChI=1S/C20H35NO2/c1-15-2-4-21(5-3-15)12-19(22)13-23-14-20-9-16-6-17(10-20)8-18(7-16)11-20/h15-19,22H,2-14H2,1H3/t16?,17?,18?,19-,20?/m0/s1. The number of aliphatic hydroxyl groups excluding tert-OH is 1. The van der Waals surface area contributed by atoms with Crippen molar-refractivity contribution in [3.8, 4) is 0 Å².